The first-order valence-electron chi connectivity index (χ1n) is 12.3. The summed E-state index contributed by atoms with van der Waals surface area (Å²) in [6.07, 6.45) is 5.70. The molecular formula is C26H37N3O4. The predicted octanol–water partition coefficient (Wildman–Crippen LogP) is 2.29. The zero-order chi connectivity index (χ0) is 23.4. The average Bonchev–Trinajstić information content (AvgIpc) is 3.24. The van der Waals surface area contributed by atoms with Crippen LogP contribution in [0.2, 0.25) is 0 Å². The molecule has 7 heteroatoms. The number of para-hydroxylation sites is 1. The maximum absolute atomic E-state index is 13.3. The van der Waals surface area contributed by atoms with Crippen LogP contribution in [0, 0.1) is 11.8 Å². The van der Waals surface area contributed by atoms with E-state index in [1.165, 1.54) is 0 Å². The van der Waals surface area contributed by atoms with Crippen LogP contribution in [0.4, 0.5) is 0 Å². The molecule has 3 atom stereocenters. The summed E-state index contributed by atoms with van der Waals surface area (Å²) in [7, 11) is 0. The number of aliphatic hydroxyl groups excluding tert-OH is 1. The average molecular weight is 456 g/mol. The minimum absolute atomic E-state index is 0.115. The molecule has 0 unspecified atom stereocenters. The van der Waals surface area contributed by atoms with Gasteiger partial charge in [0.05, 0.1) is 12.6 Å². The van der Waals surface area contributed by atoms with E-state index in [4.69, 9.17) is 4.74 Å². The molecule has 4 rings (SSSR count). The van der Waals surface area contributed by atoms with E-state index < -0.39 is 6.10 Å². The Morgan fingerprint density at radius 3 is 2.73 bits per heavy atom. The van der Waals surface area contributed by atoms with Crippen molar-refractivity contribution in [3.05, 3.63) is 42.0 Å². The van der Waals surface area contributed by atoms with Gasteiger partial charge in [0.2, 0.25) is 11.8 Å². The Balaban J connectivity index is 1.51. The van der Waals surface area contributed by atoms with Crippen LogP contribution in [0.5, 0.6) is 5.75 Å². The standard InChI is InChI=1S/C26H37N3O4/c1-19(2)29-16-22-6-3-4-8-24(22)33-13-5-7-21-15-27(26(32)18-29)11-9-20(21)14-25(31)28-12-10-23(30)17-28/h3-8,19-21,23,30H,9-18H2,1-2H3/b7-5+/t20-,21-,23+/m0/s1. The number of nitrogens with zero attached hydrogens (tertiary/aromatic N) is 3. The van der Waals surface area contributed by atoms with Crippen molar-refractivity contribution in [1.82, 2.24) is 14.7 Å². The minimum atomic E-state index is -0.400. The lowest BCUT2D eigenvalue weighted by Crippen LogP contribution is -2.48. The second-order valence-corrected chi connectivity index (χ2v) is 9.88. The van der Waals surface area contributed by atoms with Crippen LogP contribution in [0.25, 0.3) is 0 Å². The molecule has 0 aromatic heterocycles. The topological polar surface area (TPSA) is 73.3 Å². The first kappa shape index (κ1) is 23.8. The van der Waals surface area contributed by atoms with Gasteiger partial charge in [-0.25, -0.2) is 0 Å². The molecule has 2 saturated heterocycles. The maximum atomic E-state index is 13.3. The molecule has 33 heavy (non-hydrogen) atoms. The quantitative estimate of drug-likeness (QED) is 0.708. The molecule has 2 fully saturated rings. The molecule has 3 aliphatic rings. The second-order valence-electron chi connectivity index (χ2n) is 9.88. The summed E-state index contributed by atoms with van der Waals surface area (Å²) in [6, 6.07) is 8.26. The van der Waals surface area contributed by atoms with E-state index in [1.807, 2.05) is 29.2 Å². The number of hydrogen-bond donors (Lipinski definition) is 1. The molecule has 0 saturated carbocycles. The molecule has 2 bridgehead atoms. The number of likely N-dealkylation sites (tertiary alicyclic amines) is 1. The van der Waals surface area contributed by atoms with E-state index in [1.54, 1.807) is 4.90 Å². The lowest BCUT2D eigenvalue weighted by atomic mass is 9.82. The van der Waals surface area contributed by atoms with Gasteiger partial charge in [0.1, 0.15) is 12.4 Å². The first-order chi connectivity index (χ1) is 15.9. The summed E-state index contributed by atoms with van der Waals surface area (Å²) < 4.78 is 6.09. The maximum Gasteiger partial charge on any atom is 0.236 e. The second kappa shape index (κ2) is 10.7. The highest BCUT2D eigenvalue weighted by atomic mass is 16.5. The van der Waals surface area contributed by atoms with E-state index in [0.717, 1.165) is 17.7 Å². The summed E-state index contributed by atoms with van der Waals surface area (Å²) in [6.45, 7) is 8.13. The van der Waals surface area contributed by atoms with Crippen LogP contribution in [-0.4, -0.2) is 83.1 Å². The summed E-state index contributed by atoms with van der Waals surface area (Å²) in [5, 5.41) is 9.79. The number of piperidine rings is 1. The molecule has 0 spiro atoms. The normalized spacial score (nSPS) is 27.9. The van der Waals surface area contributed by atoms with Crippen molar-refractivity contribution in [1.29, 1.82) is 0 Å². The number of carbonyl (C=O) groups is 2. The van der Waals surface area contributed by atoms with Gasteiger partial charge in [-0.15, -0.1) is 0 Å². The molecule has 1 aromatic carbocycles. The smallest absolute Gasteiger partial charge is 0.236 e. The van der Waals surface area contributed by atoms with Crippen LogP contribution in [0.1, 0.15) is 38.7 Å². The molecule has 0 radical (unpaired) electrons. The fraction of sp³-hybridized carbons (Fsp3) is 0.615. The van der Waals surface area contributed by atoms with Crippen molar-refractivity contribution in [2.24, 2.45) is 11.8 Å². The van der Waals surface area contributed by atoms with Crippen LogP contribution in [0.15, 0.2) is 36.4 Å². The minimum Gasteiger partial charge on any atom is -0.489 e. The monoisotopic (exact) mass is 455 g/mol. The third-order valence-corrected chi connectivity index (χ3v) is 7.25. The van der Waals surface area contributed by atoms with Gasteiger partial charge >= 0.3 is 0 Å². The summed E-state index contributed by atoms with van der Waals surface area (Å²) in [4.78, 5) is 32.0. The number of carbonyl (C=O) groups excluding carboxylic acids is 2. The van der Waals surface area contributed by atoms with Crippen molar-refractivity contribution in [3.63, 3.8) is 0 Å². The van der Waals surface area contributed by atoms with E-state index in [2.05, 4.69) is 30.9 Å². The van der Waals surface area contributed by atoms with Crippen molar-refractivity contribution in [2.75, 3.05) is 39.3 Å². The number of β-amino-alcohol motifs (C(OH)–C–C–N with tert-alkyl or cyclic N) is 1. The summed E-state index contributed by atoms with van der Waals surface area (Å²) in [5.74, 6) is 1.42. The highest BCUT2D eigenvalue weighted by Gasteiger charge is 2.34. The molecule has 3 heterocycles. The number of aliphatic hydroxyl groups is 1. The number of rotatable bonds is 3. The lowest BCUT2D eigenvalue weighted by molar-refractivity contribution is -0.136. The van der Waals surface area contributed by atoms with Gasteiger partial charge in [-0.1, -0.05) is 30.4 Å². The van der Waals surface area contributed by atoms with E-state index in [-0.39, 0.29) is 29.7 Å². The number of ether oxygens (including phenoxy) is 1. The fourth-order valence-electron chi connectivity index (χ4n) is 5.11. The summed E-state index contributed by atoms with van der Waals surface area (Å²) >= 11 is 0. The molecule has 1 aromatic rings. The molecule has 7 nitrogen and oxygen atoms in total. The molecule has 180 valence electrons. The lowest BCUT2D eigenvalue weighted by Gasteiger charge is -2.39. The number of hydrogen-bond acceptors (Lipinski definition) is 5. The Bertz CT molecular complexity index is 871. The van der Waals surface area contributed by atoms with Gasteiger partial charge in [-0.3, -0.25) is 14.5 Å². The largest absolute Gasteiger partial charge is 0.489 e. The van der Waals surface area contributed by atoms with E-state index in [0.29, 0.717) is 58.7 Å². The van der Waals surface area contributed by atoms with Crippen molar-refractivity contribution < 1.29 is 19.4 Å². The molecule has 3 aliphatic heterocycles. The molecular weight excluding hydrogens is 418 g/mol. The SMILES string of the molecule is CC(C)N1CC(=O)N2CC[C@@H](CC(=O)N3CC[C@@H](O)C3)[C@@H](/C=C/COc3ccccc3C1)C2. The third-order valence-electron chi connectivity index (χ3n) is 7.25. The highest BCUT2D eigenvalue weighted by molar-refractivity contribution is 5.79. The Morgan fingerprint density at radius 1 is 1.15 bits per heavy atom. The number of benzene rings is 1. The van der Waals surface area contributed by atoms with Gasteiger partial charge in [0.15, 0.2) is 0 Å². The summed E-state index contributed by atoms with van der Waals surface area (Å²) in [5.41, 5.74) is 1.08. The Labute approximate surface area is 197 Å². The molecule has 2 amide bonds. The number of fused-ring (bicyclic) bond motifs is 3. The molecule has 1 N–H and O–H groups in total. The van der Waals surface area contributed by atoms with Gasteiger partial charge < -0.3 is 19.6 Å². The van der Waals surface area contributed by atoms with Gasteiger partial charge in [0.25, 0.3) is 0 Å². The van der Waals surface area contributed by atoms with E-state index in [9.17, 15) is 14.7 Å². The Morgan fingerprint density at radius 2 is 1.97 bits per heavy atom. The van der Waals surface area contributed by atoms with Crippen molar-refractivity contribution >= 4 is 11.8 Å². The Hall–Kier alpha value is -2.38. The van der Waals surface area contributed by atoms with Gasteiger partial charge in [0, 0.05) is 50.7 Å². The van der Waals surface area contributed by atoms with Gasteiger partial charge in [-0.05, 0) is 44.6 Å². The zero-order valence-corrected chi connectivity index (χ0v) is 19.9. The zero-order valence-electron chi connectivity index (χ0n) is 19.9. The van der Waals surface area contributed by atoms with Crippen LogP contribution in [0.3, 0.4) is 0 Å². The third kappa shape index (κ3) is 5.95. The van der Waals surface area contributed by atoms with Crippen LogP contribution < -0.4 is 4.74 Å². The van der Waals surface area contributed by atoms with Crippen LogP contribution in [-0.2, 0) is 16.1 Å². The Kier molecular flexibility index (Phi) is 7.71. The predicted molar refractivity (Wildman–Crippen MR) is 127 cm³/mol. The number of amides is 2. The fourth-order valence-corrected chi connectivity index (χ4v) is 5.11. The highest BCUT2D eigenvalue weighted by Crippen LogP contribution is 2.30. The van der Waals surface area contributed by atoms with Gasteiger partial charge in [-0.2, -0.15) is 0 Å². The van der Waals surface area contributed by atoms with E-state index >= 15 is 0 Å². The van der Waals surface area contributed by atoms with Crippen molar-refractivity contribution in [3.8, 4) is 5.75 Å². The van der Waals surface area contributed by atoms with Crippen LogP contribution >= 0.6 is 0 Å². The molecule has 0 aliphatic carbocycles. The first-order valence-corrected chi connectivity index (χ1v) is 12.3. The van der Waals surface area contributed by atoms with Crippen molar-refractivity contribution in [2.45, 2.75) is 51.8 Å².